The maximum Gasteiger partial charge on any atom is 0.313 e. The first-order chi connectivity index (χ1) is 12.9. The minimum absolute atomic E-state index is 0.807. The normalized spacial score (nSPS) is 11.2. The summed E-state index contributed by atoms with van der Waals surface area (Å²) in [7, 11) is 1.87. The summed E-state index contributed by atoms with van der Waals surface area (Å²) in [4.78, 5) is 15.6. The Morgan fingerprint density at radius 2 is 1.85 bits per heavy atom. The van der Waals surface area contributed by atoms with Crippen molar-refractivity contribution in [3.05, 3.63) is 53.7 Å². The predicted molar refractivity (Wildman–Crippen MR) is 111 cm³/mol. The molecule has 0 fully saturated rings. The van der Waals surface area contributed by atoms with E-state index in [1.54, 1.807) is 20.0 Å². The van der Waals surface area contributed by atoms with Crippen molar-refractivity contribution >= 4 is 17.5 Å². The van der Waals surface area contributed by atoms with E-state index < -0.39 is 11.4 Å². The van der Waals surface area contributed by atoms with Gasteiger partial charge in [-0.1, -0.05) is 24.3 Å². The lowest BCUT2D eigenvalue weighted by atomic mass is 9.84. The van der Waals surface area contributed by atoms with Gasteiger partial charge in [0.15, 0.2) is 0 Å². The van der Waals surface area contributed by atoms with E-state index in [9.17, 15) is 9.90 Å². The van der Waals surface area contributed by atoms with Crippen molar-refractivity contribution in [1.82, 2.24) is 10.3 Å². The molecule has 6 nitrogen and oxygen atoms in total. The van der Waals surface area contributed by atoms with Gasteiger partial charge in [0.2, 0.25) is 0 Å². The first-order valence-corrected chi connectivity index (χ1v) is 9.35. The molecule has 0 saturated carbocycles. The number of hydrogen-bond acceptors (Lipinski definition) is 5. The Labute approximate surface area is 161 Å². The summed E-state index contributed by atoms with van der Waals surface area (Å²) in [5.74, 6) is 0.0543. The zero-order valence-corrected chi connectivity index (χ0v) is 16.4. The van der Waals surface area contributed by atoms with E-state index in [1.807, 2.05) is 43.4 Å². The fraction of sp³-hybridized carbons (Fsp3) is 0.429. The summed E-state index contributed by atoms with van der Waals surface area (Å²) in [5, 5.41) is 19.2. The van der Waals surface area contributed by atoms with Gasteiger partial charge in [-0.2, -0.15) is 0 Å². The Kier molecular flexibility index (Phi) is 7.61. The molecule has 0 radical (unpaired) electrons. The van der Waals surface area contributed by atoms with Gasteiger partial charge < -0.3 is 21.1 Å². The number of aromatic nitrogens is 1. The van der Waals surface area contributed by atoms with Crippen LogP contribution in [0.4, 0.5) is 11.5 Å². The fourth-order valence-corrected chi connectivity index (χ4v) is 2.75. The van der Waals surface area contributed by atoms with Gasteiger partial charge in [0.25, 0.3) is 0 Å². The van der Waals surface area contributed by atoms with Crippen LogP contribution in [0.5, 0.6) is 0 Å². The lowest BCUT2D eigenvalue weighted by Crippen LogP contribution is -2.28. The van der Waals surface area contributed by atoms with Gasteiger partial charge in [-0.15, -0.1) is 0 Å². The maximum absolute atomic E-state index is 11.3. The average Bonchev–Trinajstić information content (AvgIpc) is 2.67. The van der Waals surface area contributed by atoms with Crippen LogP contribution in [0.2, 0.25) is 0 Å². The summed E-state index contributed by atoms with van der Waals surface area (Å²) in [5.41, 5.74) is 2.20. The Morgan fingerprint density at radius 3 is 2.52 bits per heavy atom. The van der Waals surface area contributed by atoms with Gasteiger partial charge in [0, 0.05) is 19.8 Å². The second kappa shape index (κ2) is 9.92. The quantitative estimate of drug-likeness (QED) is 0.455. The number of rotatable bonds is 11. The van der Waals surface area contributed by atoms with Crippen LogP contribution < -0.4 is 16.0 Å². The minimum atomic E-state index is -0.856. The standard InChI is InChI=1S/C21H30N4O2/c1-21(2,20(26)27)17-9-7-16(8-10-17)11-15-23-12-5-14-24-18-6-4-13-25-19(18)22-3/h4,6-10,13,23-24H,5,11-12,14-15H2,1-3H3,(H,22,25)(H,26,27). The molecule has 6 heteroatoms. The Morgan fingerprint density at radius 1 is 1.11 bits per heavy atom. The zero-order valence-electron chi connectivity index (χ0n) is 16.4. The molecule has 1 heterocycles. The molecule has 4 N–H and O–H groups in total. The van der Waals surface area contributed by atoms with Crippen LogP contribution in [-0.2, 0) is 16.6 Å². The predicted octanol–water partition coefficient (Wildman–Crippen LogP) is 3.12. The summed E-state index contributed by atoms with van der Waals surface area (Å²) in [6, 6.07) is 11.8. The van der Waals surface area contributed by atoms with Crippen LogP contribution >= 0.6 is 0 Å². The molecule has 0 atom stereocenters. The third-order valence-corrected chi connectivity index (χ3v) is 4.69. The van der Waals surface area contributed by atoms with Crippen LogP contribution in [-0.4, -0.2) is 42.7 Å². The van der Waals surface area contributed by atoms with Crippen molar-refractivity contribution in [2.75, 3.05) is 37.3 Å². The zero-order chi connectivity index (χ0) is 19.7. The molecule has 0 aliphatic rings. The minimum Gasteiger partial charge on any atom is -0.481 e. The van der Waals surface area contributed by atoms with E-state index in [1.165, 1.54) is 5.56 Å². The molecular formula is C21H30N4O2. The molecule has 2 rings (SSSR count). The molecule has 2 aromatic rings. The molecule has 0 unspecified atom stereocenters. The molecule has 0 aliphatic carbocycles. The molecule has 0 amide bonds. The van der Waals surface area contributed by atoms with E-state index in [0.29, 0.717) is 0 Å². The molecule has 0 saturated heterocycles. The van der Waals surface area contributed by atoms with Crippen LogP contribution in [0.25, 0.3) is 0 Å². The van der Waals surface area contributed by atoms with Crippen molar-refractivity contribution in [2.24, 2.45) is 0 Å². The molecule has 0 spiro atoms. The van der Waals surface area contributed by atoms with E-state index in [2.05, 4.69) is 20.9 Å². The Hall–Kier alpha value is -2.60. The monoisotopic (exact) mass is 370 g/mol. The largest absolute Gasteiger partial charge is 0.481 e. The summed E-state index contributed by atoms with van der Waals surface area (Å²) >= 11 is 0. The van der Waals surface area contributed by atoms with Crippen molar-refractivity contribution in [2.45, 2.75) is 32.1 Å². The van der Waals surface area contributed by atoms with Crippen molar-refractivity contribution in [3.63, 3.8) is 0 Å². The topological polar surface area (TPSA) is 86.3 Å². The van der Waals surface area contributed by atoms with E-state index in [4.69, 9.17) is 0 Å². The van der Waals surface area contributed by atoms with Crippen LogP contribution in [0, 0.1) is 0 Å². The number of pyridine rings is 1. The molecular weight excluding hydrogens is 340 g/mol. The molecule has 27 heavy (non-hydrogen) atoms. The highest BCUT2D eigenvalue weighted by Crippen LogP contribution is 2.23. The smallest absolute Gasteiger partial charge is 0.313 e. The molecule has 1 aromatic carbocycles. The van der Waals surface area contributed by atoms with Gasteiger partial charge in [0.05, 0.1) is 11.1 Å². The van der Waals surface area contributed by atoms with Crippen molar-refractivity contribution < 1.29 is 9.90 Å². The van der Waals surface area contributed by atoms with Gasteiger partial charge in [-0.05, 0) is 63.0 Å². The fourth-order valence-electron chi connectivity index (χ4n) is 2.75. The van der Waals surface area contributed by atoms with E-state index >= 15 is 0 Å². The van der Waals surface area contributed by atoms with E-state index in [0.717, 1.165) is 49.5 Å². The number of carboxylic acids is 1. The molecule has 1 aromatic heterocycles. The third-order valence-electron chi connectivity index (χ3n) is 4.69. The second-order valence-corrected chi connectivity index (χ2v) is 7.06. The lowest BCUT2D eigenvalue weighted by molar-refractivity contribution is -0.142. The number of hydrogen-bond donors (Lipinski definition) is 4. The molecule has 146 valence electrons. The number of benzene rings is 1. The summed E-state index contributed by atoms with van der Waals surface area (Å²) in [6.07, 6.45) is 3.71. The Balaban J connectivity index is 1.65. The van der Waals surface area contributed by atoms with Gasteiger partial charge in [-0.25, -0.2) is 4.98 Å². The number of carbonyl (C=O) groups is 1. The highest BCUT2D eigenvalue weighted by atomic mass is 16.4. The highest BCUT2D eigenvalue weighted by molar-refractivity contribution is 5.80. The lowest BCUT2D eigenvalue weighted by Gasteiger charge is -2.19. The maximum atomic E-state index is 11.3. The van der Waals surface area contributed by atoms with Crippen molar-refractivity contribution in [1.29, 1.82) is 0 Å². The van der Waals surface area contributed by atoms with Crippen LogP contribution in [0.1, 0.15) is 31.4 Å². The van der Waals surface area contributed by atoms with Gasteiger partial charge in [-0.3, -0.25) is 4.79 Å². The van der Waals surface area contributed by atoms with Gasteiger partial charge >= 0.3 is 5.97 Å². The Bertz CT molecular complexity index is 729. The number of nitrogens with one attached hydrogen (secondary N) is 3. The SMILES string of the molecule is CNc1ncccc1NCCCNCCc1ccc(C(C)(C)C(=O)O)cc1. The highest BCUT2D eigenvalue weighted by Gasteiger charge is 2.28. The second-order valence-electron chi connectivity index (χ2n) is 7.06. The van der Waals surface area contributed by atoms with E-state index in [-0.39, 0.29) is 0 Å². The number of carboxylic acid groups (broad SMARTS) is 1. The first-order valence-electron chi connectivity index (χ1n) is 9.35. The summed E-state index contributed by atoms with van der Waals surface area (Å²) < 4.78 is 0. The molecule has 0 bridgehead atoms. The number of anilines is 2. The average molecular weight is 370 g/mol. The summed E-state index contributed by atoms with van der Waals surface area (Å²) in [6.45, 7) is 6.17. The number of nitrogens with zero attached hydrogens (tertiary/aromatic N) is 1. The first kappa shape index (κ1) is 20.7. The van der Waals surface area contributed by atoms with Crippen molar-refractivity contribution in [3.8, 4) is 0 Å². The molecule has 0 aliphatic heterocycles. The third kappa shape index (κ3) is 5.96. The van der Waals surface area contributed by atoms with Crippen LogP contribution in [0.3, 0.4) is 0 Å². The van der Waals surface area contributed by atoms with Crippen LogP contribution in [0.15, 0.2) is 42.6 Å². The van der Waals surface area contributed by atoms with Gasteiger partial charge in [0.1, 0.15) is 5.82 Å². The number of aliphatic carboxylic acids is 1.